The Morgan fingerprint density at radius 2 is 2.35 bits per heavy atom. The molecule has 0 aliphatic carbocycles. The molecular formula is C11H15ClN6OS. The summed E-state index contributed by atoms with van der Waals surface area (Å²) in [4.78, 5) is 15.0. The van der Waals surface area contributed by atoms with Crippen molar-refractivity contribution in [2.45, 2.75) is 18.9 Å². The van der Waals surface area contributed by atoms with Crippen LogP contribution in [0, 0.1) is 0 Å². The van der Waals surface area contributed by atoms with E-state index in [4.69, 9.17) is 5.73 Å². The van der Waals surface area contributed by atoms with E-state index in [9.17, 15) is 4.79 Å². The molecule has 7 nitrogen and oxygen atoms in total. The van der Waals surface area contributed by atoms with Gasteiger partial charge in [0.25, 0.3) is 5.91 Å². The topological polar surface area (TPSA) is 89.9 Å². The highest BCUT2D eigenvalue weighted by atomic mass is 35.5. The number of carbonyl (C=O) groups is 1. The van der Waals surface area contributed by atoms with Gasteiger partial charge in [0.15, 0.2) is 0 Å². The van der Waals surface area contributed by atoms with Crippen molar-refractivity contribution in [1.29, 1.82) is 0 Å². The monoisotopic (exact) mass is 314 g/mol. The van der Waals surface area contributed by atoms with E-state index < -0.39 is 0 Å². The summed E-state index contributed by atoms with van der Waals surface area (Å²) in [6, 6.07) is 1.92. The van der Waals surface area contributed by atoms with Gasteiger partial charge in [-0.25, -0.2) is 0 Å². The van der Waals surface area contributed by atoms with Crippen molar-refractivity contribution in [2.75, 3.05) is 13.1 Å². The predicted octanol–water partition coefficient (Wildman–Crippen LogP) is 0.709. The average Bonchev–Trinajstić information content (AvgIpc) is 3.08. The number of likely N-dealkylation sites (tertiary alicyclic amines) is 1. The molecule has 0 bridgehead atoms. The van der Waals surface area contributed by atoms with Gasteiger partial charge in [-0.1, -0.05) is 0 Å². The third kappa shape index (κ3) is 2.82. The van der Waals surface area contributed by atoms with E-state index >= 15 is 0 Å². The Labute approximate surface area is 126 Å². The minimum atomic E-state index is 0. The molecule has 108 valence electrons. The Hall–Kier alpha value is -1.51. The van der Waals surface area contributed by atoms with Crippen LogP contribution in [0.4, 0.5) is 0 Å². The van der Waals surface area contributed by atoms with Gasteiger partial charge in [-0.05, 0) is 34.7 Å². The van der Waals surface area contributed by atoms with Gasteiger partial charge < -0.3 is 10.6 Å². The van der Waals surface area contributed by atoms with Crippen molar-refractivity contribution < 1.29 is 4.79 Å². The standard InChI is InChI=1S/C11H14N6OS.ClH/c12-8-2-1-4-16(6-8)11(18)10-9(3-5-19-10)17-7-13-14-15-17;/h3,5,7-8H,1-2,4,6,12H2;1H. The van der Waals surface area contributed by atoms with Crippen LogP contribution < -0.4 is 5.73 Å². The fourth-order valence-corrected chi connectivity index (χ4v) is 3.10. The molecule has 0 saturated carbocycles. The number of hydrogen-bond acceptors (Lipinski definition) is 6. The average molecular weight is 315 g/mol. The molecule has 9 heteroatoms. The van der Waals surface area contributed by atoms with Gasteiger partial charge in [-0.15, -0.1) is 28.8 Å². The van der Waals surface area contributed by atoms with Crippen LogP contribution in [0.3, 0.4) is 0 Å². The van der Waals surface area contributed by atoms with Crippen LogP contribution >= 0.6 is 23.7 Å². The molecule has 2 aromatic rings. The predicted molar refractivity (Wildman–Crippen MR) is 77.4 cm³/mol. The maximum absolute atomic E-state index is 12.5. The van der Waals surface area contributed by atoms with E-state index in [1.54, 1.807) is 0 Å². The summed E-state index contributed by atoms with van der Waals surface area (Å²) in [5.41, 5.74) is 6.64. The Morgan fingerprint density at radius 3 is 3.05 bits per heavy atom. The van der Waals surface area contributed by atoms with Crippen molar-refractivity contribution in [1.82, 2.24) is 25.1 Å². The zero-order valence-corrected chi connectivity index (χ0v) is 12.3. The Bertz CT molecular complexity index is 571. The van der Waals surface area contributed by atoms with Crippen molar-refractivity contribution in [3.63, 3.8) is 0 Å². The van der Waals surface area contributed by atoms with Gasteiger partial charge >= 0.3 is 0 Å². The van der Waals surface area contributed by atoms with E-state index in [1.165, 1.54) is 22.3 Å². The second-order valence-corrected chi connectivity index (χ2v) is 5.46. The molecule has 1 aliphatic rings. The minimum absolute atomic E-state index is 0. The first-order valence-electron chi connectivity index (χ1n) is 6.11. The fourth-order valence-electron chi connectivity index (χ4n) is 2.25. The lowest BCUT2D eigenvalue weighted by atomic mass is 10.1. The van der Waals surface area contributed by atoms with Crippen LogP contribution in [0.15, 0.2) is 17.8 Å². The molecule has 2 N–H and O–H groups in total. The molecule has 1 aliphatic heterocycles. The normalized spacial score (nSPS) is 18.6. The van der Waals surface area contributed by atoms with Crippen molar-refractivity contribution >= 4 is 29.7 Å². The molecule has 1 fully saturated rings. The Morgan fingerprint density at radius 1 is 1.50 bits per heavy atom. The number of amides is 1. The van der Waals surface area contributed by atoms with E-state index in [0.29, 0.717) is 11.4 Å². The summed E-state index contributed by atoms with van der Waals surface area (Å²) in [6.07, 6.45) is 3.42. The first-order valence-corrected chi connectivity index (χ1v) is 6.99. The molecule has 1 amide bonds. The van der Waals surface area contributed by atoms with E-state index in [0.717, 1.165) is 25.1 Å². The van der Waals surface area contributed by atoms with E-state index in [1.807, 2.05) is 16.3 Å². The van der Waals surface area contributed by atoms with E-state index in [2.05, 4.69) is 15.5 Å². The first-order chi connectivity index (χ1) is 9.25. The van der Waals surface area contributed by atoms with Gasteiger partial charge in [-0.2, -0.15) is 4.68 Å². The molecule has 1 atom stereocenters. The lowest BCUT2D eigenvalue weighted by molar-refractivity contribution is 0.0713. The Kier molecular flexibility index (Phi) is 4.69. The SMILES string of the molecule is Cl.NC1CCCN(C(=O)c2sccc2-n2cnnn2)C1. The maximum atomic E-state index is 12.5. The number of halogens is 1. The number of nitrogens with two attached hydrogens (primary N) is 1. The zero-order chi connectivity index (χ0) is 13.2. The van der Waals surface area contributed by atoms with Crippen LogP contribution in [0.25, 0.3) is 5.69 Å². The highest BCUT2D eigenvalue weighted by Gasteiger charge is 2.25. The van der Waals surface area contributed by atoms with Crippen LogP contribution in [0.1, 0.15) is 22.5 Å². The molecule has 3 rings (SSSR count). The summed E-state index contributed by atoms with van der Waals surface area (Å²) in [6.45, 7) is 1.38. The summed E-state index contributed by atoms with van der Waals surface area (Å²) >= 11 is 1.40. The smallest absolute Gasteiger partial charge is 0.266 e. The molecule has 0 radical (unpaired) electrons. The van der Waals surface area contributed by atoms with Gasteiger partial charge in [0.1, 0.15) is 11.2 Å². The number of thiophene rings is 1. The number of tetrazole rings is 1. The van der Waals surface area contributed by atoms with Crippen molar-refractivity contribution in [3.05, 3.63) is 22.7 Å². The number of hydrogen-bond donors (Lipinski definition) is 1. The quantitative estimate of drug-likeness (QED) is 0.881. The summed E-state index contributed by atoms with van der Waals surface area (Å²) in [7, 11) is 0. The Balaban J connectivity index is 0.00000147. The second-order valence-electron chi connectivity index (χ2n) is 4.54. The summed E-state index contributed by atoms with van der Waals surface area (Å²) in [5, 5.41) is 12.9. The third-order valence-corrected chi connectivity index (χ3v) is 4.07. The maximum Gasteiger partial charge on any atom is 0.266 e. The van der Waals surface area contributed by atoms with Gasteiger partial charge in [0.2, 0.25) is 0 Å². The largest absolute Gasteiger partial charge is 0.336 e. The fraction of sp³-hybridized carbons (Fsp3) is 0.455. The molecule has 2 aromatic heterocycles. The third-order valence-electron chi connectivity index (χ3n) is 3.18. The van der Waals surface area contributed by atoms with Crippen LogP contribution in [0.2, 0.25) is 0 Å². The molecule has 3 heterocycles. The minimum Gasteiger partial charge on any atom is -0.336 e. The molecule has 0 aromatic carbocycles. The molecule has 1 saturated heterocycles. The lowest BCUT2D eigenvalue weighted by Crippen LogP contribution is -2.45. The molecular weight excluding hydrogens is 300 g/mol. The summed E-state index contributed by atoms with van der Waals surface area (Å²) in [5.74, 6) is 0.00986. The lowest BCUT2D eigenvalue weighted by Gasteiger charge is -2.30. The van der Waals surface area contributed by atoms with E-state index in [-0.39, 0.29) is 24.4 Å². The summed E-state index contributed by atoms with van der Waals surface area (Å²) < 4.78 is 1.51. The highest BCUT2D eigenvalue weighted by Crippen LogP contribution is 2.23. The van der Waals surface area contributed by atoms with Crippen molar-refractivity contribution in [3.8, 4) is 5.69 Å². The number of aromatic nitrogens is 4. The number of nitrogens with zero attached hydrogens (tertiary/aromatic N) is 5. The zero-order valence-electron chi connectivity index (χ0n) is 10.7. The van der Waals surface area contributed by atoms with Gasteiger partial charge in [0, 0.05) is 19.1 Å². The molecule has 0 spiro atoms. The number of piperidine rings is 1. The second kappa shape index (κ2) is 6.29. The molecule has 1 unspecified atom stereocenters. The van der Waals surface area contributed by atoms with Gasteiger partial charge in [-0.3, -0.25) is 4.79 Å². The molecule has 20 heavy (non-hydrogen) atoms. The first kappa shape index (κ1) is 14.9. The number of rotatable bonds is 2. The number of carbonyl (C=O) groups excluding carboxylic acids is 1. The van der Waals surface area contributed by atoms with Crippen LogP contribution in [-0.4, -0.2) is 50.1 Å². The van der Waals surface area contributed by atoms with Crippen molar-refractivity contribution in [2.24, 2.45) is 5.73 Å². The van der Waals surface area contributed by atoms with Crippen LogP contribution in [-0.2, 0) is 0 Å². The highest BCUT2D eigenvalue weighted by molar-refractivity contribution is 7.12. The van der Waals surface area contributed by atoms with Crippen LogP contribution in [0.5, 0.6) is 0 Å². The van der Waals surface area contributed by atoms with Gasteiger partial charge in [0.05, 0.1) is 5.69 Å².